The number of hydrogen-bond acceptors (Lipinski definition) is 6. The number of aromatic nitrogens is 3. The molecular weight excluding hydrogens is 336 g/mol. The van der Waals surface area contributed by atoms with Crippen molar-refractivity contribution in [1.29, 1.82) is 0 Å². The molecular formula is C18H12N4O4. The van der Waals surface area contributed by atoms with Crippen LogP contribution in [0.2, 0.25) is 0 Å². The molecule has 0 unspecified atom stereocenters. The smallest absolute Gasteiger partial charge is 0.322 e. The first-order valence-corrected chi connectivity index (χ1v) is 7.76. The van der Waals surface area contributed by atoms with Crippen molar-refractivity contribution in [3.8, 4) is 5.69 Å². The molecule has 0 N–H and O–H groups in total. The summed E-state index contributed by atoms with van der Waals surface area (Å²) in [6.07, 6.45) is 0. The Balaban J connectivity index is 1.60. The Bertz CT molecular complexity index is 1010. The van der Waals surface area contributed by atoms with E-state index in [1.54, 1.807) is 31.2 Å². The lowest BCUT2D eigenvalue weighted by Crippen LogP contribution is -2.33. The van der Waals surface area contributed by atoms with Gasteiger partial charge in [0, 0.05) is 0 Å². The molecule has 0 aliphatic carbocycles. The maximum Gasteiger partial charge on any atom is 0.385 e. The van der Waals surface area contributed by atoms with Gasteiger partial charge in [-0.15, -0.1) is 5.10 Å². The molecule has 1 aromatic heterocycles. The van der Waals surface area contributed by atoms with Gasteiger partial charge in [0.2, 0.25) is 0 Å². The van der Waals surface area contributed by atoms with Gasteiger partial charge in [-0.05, 0) is 31.2 Å². The van der Waals surface area contributed by atoms with E-state index >= 15 is 0 Å². The highest BCUT2D eigenvalue weighted by Gasteiger charge is 2.39. The van der Waals surface area contributed by atoms with Crippen molar-refractivity contribution in [2.75, 3.05) is 0 Å². The molecule has 2 aromatic carbocycles. The lowest BCUT2D eigenvalue weighted by atomic mass is 10.1. The first kappa shape index (κ1) is 15.7. The van der Waals surface area contributed by atoms with Gasteiger partial charge in [0.1, 0.15) is 0 Å². The van der Waals surface area contributed by atoms with Crippen molar-refractivity contribution in [1.82, 2.24) is 20.1 Å². The number of para-hydroxylation sites is 1. The van der Waals surface area contributed by atoms with Crippen LogP contribution < -0.4 is 0 Å². The van der Waals surface area contributed by atoms with Crippen molar-refractivity contribution in [3.05, 3.63) is 77.1 Å². The van der Waals surface area contributed by atoms with Gasteiger partial charge in [0.15, 0.2) is 5.69 Å². The highest BCUT2D eigenvalue weighted by molar-refractivity contribution is 6.21. The minimum Gasteiger partial charge on any atom is -0.322 e. The monoisotopic (exact) mass is 348 g/mol. The number of amides is 2. The van der Waals surface area contributed by atoms with Crippen molar-refractivity contribution >= 4 is 17.8 Å². The van der Waals surface area contributed by atoms with Gasteiger partial charge < -0.3 is 4.84 Å². The van der Waals surface area contributed by atoms with Gasteiger partial charge in [-0.2, -0.15) is 0 Å². The van der Waals surface area contributed by atoms with Gasteiger partial charge in [-0.3, -0.25) is 9.59 Å². The van der Waals surface area contributed by atoms with E-state index in [-0.39, 0.29) is 16.8 Å². The Kier molecular flexibility index (Phi) is 3.58. The summed E-state index contributed by atoms with van der Waals surface area (Å²) in [6.45, 7) is 1.64. The number of hydrogen-bond donors (Lipinski definition) is 0. The second-order valence-electron chi connectivity index (χ2n) is 5.60. The topological polar surface area (TPSA) is 94.4 Å². The van der Waals surface area contributed by atoms with E-state index in [1.165, 1.54) is 16.8 Å². The van der Waals surface area contributed by atoms with Crippen LogP contribution in [-0.4, -0.2) is 37.8 Å². The van der Waals surface area contributed by atoms with Crippen LogP contribution >= 0.6 is 0 Å². The number of benzene rings is 2. The van der Waals surface area contributed by atoms with Crippen LogP contribution in [0.15, 0.2) is 54.6 Å². The molecule has 0 atom stereocenters. The number of fused-ring (bicyclic) bond motifs is 1. The SMILES string of the molecule is Cc1c(C(=O)ON2C(=O)c3ccccc3C2=O)nnn1-c1ccccc1. The molecule has 0 saturated heterocycles. The van der Waals surface area contributed by atoms with Gasteiger partial charge in [-0.1, -0.05) is 40.6 Å². The van der Waals surface area contributed by atoms with Crippen LogP contribution in [0.3, 0.4) is 0 Å². The molecule has 0 saturated carbocycles. The summed E-state index contributed by atoms with van der Waals surface area (Å²) in [5.41, 5.74) is 1.45. The maximum absolute atomic E-state index is 12.4. The molecule has 0 spiro atoms. The van der Waals surface area contributed by atoms with E-state index in [9.17, 15) is 14.4 Å². The van der Waals surface area contributed by atoms with Crippen LogP contribution in [-0.2, 0) is 4.84 Å². The van der Waals surface area contributed by atoms with Gasteiger partial charge >= 0.3 is 5.97 Å². The molecule has 26 heavy (non-hydrogen) atoms. The number of hydroxylamine groups is 2. The third-order valence-electron chi connectivity index (χ3n) is 4.02. The number of rotatable bonds is 3. The fraction of sp³-hybridized carbons (Fsp3) is 0.0556. The van der Waals surface area contributed by atoms with Crippen molar-refractivity contribution in [2.45, 2.75) is 6.92 Å². The Morgan fingerprint density at radius 1 is 0.923 bits per heavy atom. The van der Waals surface area contributed by atoms with Crippen LogP contribution in [0, 0.1) is 6.92 Å². The Hall–Kier alpha value is -3.81. The zero-order valence-electron chi connectivity index (χ0n) is 13.6. The third kappa shape index (κ3) is 2.35. The van der Waals surface area contributed by atoms with Crippen molar-refractivity contribution < 1.29 is 19.2 Å². The fourth-order valence-corrected chi connectivity index (χ4v) is 2.71. The minimum atomic E-state index is -0.931. The molecule has 2 amide bonds. The van der Waals surface area contributed by atoms with E-state index in [1.807, 2.05) is 18.2 Å². The third-order valence-corrected chi connectivity index (χ3v) is 4.02. The zero-order valence-corrected chi connectivity index (χ0v) is 13.6. The molecule has 128 valence electrons. The second kappa shape index (κ2) is 5.92. The van der Waals surface area contributed by atoms with E-state index < -0.39 is 17.8 Å². The molecule has 8 nitrogen and oxygen atoms in total. The predicted molar refractivity (Wildman–Crippen MR) is 88.5 cm³/mol. The molecule has 3 aromatic rings. The summed E-state index contributed by atoms with van der Waals surface area (Å²) in [7, 11) is 0. The molecule has 0 radical (unpaired) electrons. The summed E-state index contributed by atoms with van der Waals surface area (Å²) in [6, 6.07) is 15.4. The quantitative estimate of drug-likeness (QED) is 0.672. The second-order valence-corrected chi connectivity index (χ2v) is 5.60. The number of imide groups is 1. The summed E-state index contributed by atoms with van der Waals surface area (Å²) in [4.78, 5) is 42.0. The van der Waals surface area contributed by atoms with Crippen LogP contribution in [0.1, 0.15) is 36.9 Å². The molecule has 8 heteroatoms. The minimum absolute atomic E-state index is 0.0783. The average Bonchev–Trinajstić information content (AvgIpc) is 3.16. The summed E-state index contributed by atoms with van der Waals surface area (Å²) in [5, 5.41) is 8.21. The Morgan fingerprint density at radius 3 is 2.12 bits per heavy atom. The first-order chi connectivity index (χ1) is 12.6. The maximum atomic E-state index is 12.4. The van der Waals surface area contributed by atoms with Crippen molar-refractivity contribution in [3.63, 3.8) is 0 Å². The lowest BCUT2D eigenvalue weighted by molar-refractivity contribution is -0.0589. The number of carbonyl (C=O) groups is 3. The Morgan fingerprint density at radius 2 is 1.50 bits per heavy atom. The van der Waals surface area contributed by atoms with E-state index in [2.05, 4.69) is 10.3 Å². The zero-order chi connectivity index (χ0) is 18.3. The van der Waals surface area contributed by atoms with Crippen LogP contribution in [0.4, 0.5) is 0 Å². The normalized spacial score (nSPS) is 13.0. The number of carbonyl (C=O) groups excluding carboxylic acids is 3. The van der Waals surface area contributed by atoms with Crippen LogP contribution in [0.25, 0.3) is 5.69 Å². The lowest BCUT2D eigenvalue weighted by Gasteiger charge is -2.11. The summed E-state index contributed by atoms with van der Waals surface area (Å²) < 4.78 is 1.47. The van der Waals surface area contributed by atoms with Crippen molar-refractivity contribution in [2.24, 2.45) is 0 Å². The predicted octanol–water partition coefficient (Wildman–Crippen LogP) is 1.94. The summed E-state index contributed by atoms with van der Waals surface area (Å²) >= 11 is 0. The Labute approximate surface area is 147 Å². The first-order valence-electron chi connectivity index (χ1n) is 7.76. The molecule has 0 fully saturated rings. The number of nitrogens with zero attached hydrogens (tertiary/aromatic N) is 4. The summed E-state index contributed by atoms with van der Waals surface area (Å²) in [5.74, 6) is -2.31. The van der Waals surface area contributed by atoms with Gasteiger partial charge in [-0.25, -0.2) is 9.48 Å². The largest absolute Gasteiger partial charge is 0.385 e. The molecule has 1 aliphatic heterocycles. The molecule has 2 heterocycles. The van der Waals surface area contributed by atoms with E-state index in [0.717, 1.165) is 5.69 Å². The molecule has 1 aliphatic rings. The highest BCUT2D eigenvalue weighted by atomic mass is 16.7. The van der Waals surface area contributed by atoms with E-state index in [0.29, 0.717) is 10.8 Å². The van der Waals surface area contributed by atoms with Crippen LogP contribution in [0.5, 0.6) is 0 Å². The fourth-order valence-electron chi connectivity index (χ4n) is 2.71. The highest BCUT2D eigenvalue weighted by Crippen LogP contribution is 2.23. The van der Waals surface area contributed by atoms with Gasteiger partial charge in [0.05, 0.1) is 22.5 Å². The average molecular weight is 348 g/mol. The molecule has 0 bridgehead atoms. The van der Waals surface area contributed by atoms with Gasteiger partial charge in [0.25, 0.3) is 11.8 Å². The standard InChI is InChI=1S/C18H12N4O4/c1-11-15(19-20-21(11)12-7-3-2-4-8-12)18(25)26-22-16(23)13-9-5-6-10-14(13)17(22)24/h2-10H,1H3. The van der Waals surface area contributed by atoms with E-state index in [4.69, 9.17) is 4.84 Å². The molecule has 4 rings (SSSR count).